The fraction of sp³-hybridized carbons (Fsp3) is 0.364. The van der Waals surface area contributed by atoms with Gasteiger partial charge in [0.1, 0.15) is 6.07 Å². The predicted octanol–water partition coefficient (Wildman–Crippen LogP) is 2.41. The minimum Gasteiger partial charge on any atom is -0.316 e. The molecule has 0 spiro atoms. The first-order valence-electron chi connectivity index (χ1n) is 4.78. The zero-order valence-electron chi connectivity index (χ0n) is 7.92. The quantitative estimate of drug-likeness (QED) is 0.713. The molecule has 2 heterocycles. The van der Waals surface area contributed by atoms with Crippen molar-refractivity contribution in [1.29, 1.82) is 5.26 Å². The lowest BCUT2D eigenvalue weighted by Crippen LogP contribution is -2.23. The Morgan fingerprint density at radius 3 is 2.79 bits per heavy atom. The molecule has 1 aliphatic rings. The minimum atomic E-state index is 0.904. The largest absolute Gasteiger partial charge is 0.316 e. The van der Waals surface area contributed by atoms with Crippen molar-refractivity contribution in [3.63, 3.8) is 0 Å². The second kappa shape index (κ2) is 4.41. The zero-order chi connectivity index (χ0) is 9.80. The lowest BCUT2D eigenvalue weighted by Gasteiger charge is -2.16. The highest BCUT2D eigenvalue weighted by molar-refractivity contribution is 7.11. The standard InChI is InChI=1S/C11H12N2S/c12-8-10(11-2-1-7-14-11)9-3-5-13-6-4-9/h1-2,7,13H,3-6H2. The Balaban J connectivity index is 2.32. The van der Waals surface area contributed by atoms with Crippen LogP contribution in [-0.2, 0) is 0 Å². The predicted molar refractivity (Wildman–Crippen MR) is 59.0 cm³/mol. The van der Waals surface area contributed by atoms with Gasteiger partial charge in [-0.05, 0) is 43.0 Å². The number of hydrogen-bond donors (Lipinski definition) is 1. The number of allylic oxidation sites excluding steroid dienone is 1. The first kappa shape index (κ1) is 9.45. The van der Waals surface area contributed by atoms with Gasteiger partial charge in [0, 0.05) is 4.88 Å². The van der Waals surface area contributed by atoms with Gasteiger partial charge in [-0.2, -0.15) is 5.26 Å². The van der Waals surface area contributed by atoms with E-state index in [4.69, 9.17) is 5.26 Å². The molecule has 2 rings (SSSR count). The Labute approximate surface area is 87.9 Å². The van der Waals surface area contributed by atoms with Crippen LogP contribution >= 0.6 is 11.3 Å². The minimum absolute atomic E-state index is 0.904. The van der Waals surface area contributed by atoms with E-state index in [1.807, 2.05) is 17.5 Å². The van der Waals surface area contributed by atoms with Crippen molar-refractivity contribution in [2.45, 2.75) is 12.8 Å². The third-order valence-electron chi connectivity index (χ3n) is 2.44. The summed E-state index contributed by atoms with van der Waals surface area (Å²) in [6.07, 6.45) is 2.03. The average Bonchev–Trinajstić information content (AvgIpc) is 2.74. The summed E-state index contributed by atoms with van der Waals surface area (Å²) in [5.74, 6) is 0. The second-order valence-electron chi connectivity index (χ2n) is 3.32. The van der Waals surface area contributed by atoms with Crippen molar-refractivity contribution in [2.75, 3.05) is 13.1 Å². The highest BCUT2D eigenvalue weighted by Crippen LogP contribution is 2.26. The molecule has 0 unspecified atom stereocenters. The van der Waals surface area contributed by atoms with Crippen LogP contribution in [0.15, 0.2) is 23.1 Å². The van der Waals surface area contributed by atoms with E-state index in [1.165, 1.54) is 5.57 Å². The van der Waals surface area contributed by atoms with E-state index in [9.17, 15) is 0 Å². The van der Waals surface area contributed by atoms with Crippen molar-refractivity contribution in [1.82, 2.24) is 5.32 Å². The van der Waals surface area contributed by atoms with Crippen molar-refractivity contribution < 1.29 is 0 Å². The molecule has 0 radical (unpaired) electrons. The van der Waals surface area contributed by atoms with Crippen LogP contribution in [0, 0.1) is 11.3 Å². The van der Waals surface area contributed by atoms with E-state index in [2.05, 4.69) is 11.4 Å². The molecule has 2 nitrogen and oxygen atoms in total. The molecule has 1 saturated heterocycles. The van der Waals surface area contributed by atoms with Gasteiger partial charge in [-0.15, -0.1) is 11.3 Å². The van der Waals surface area contributed by atoms with Crippen LogP contribution < -0.4 is 5.32 Å². The van der Waals surface area contributed by atoms with E-state index < -0.39 is 0 Å². The topological polar surface area (TPSA) is 35.8 Å². The fourth-order valence-electron chi connectivity index (χ4n) is 1.71. The Morgan fingerprint density at radius 1 is 1.43 bits per heavy atom. The van der Waals surface area contributed by atoms with Gasteiger partial charge >= 0.3 is 0 Å². The summed E-state index contributed by atoms with van der Waals surface area (Å²) in [4.78, 5) is 1.12. The maximum absolute atomic E-state index is 9.13. The van der Waals surface area contributed by atoms with Gasteiger partial charge in [0.05, 0.1) is 5.57 Å². The van der Waals surface area contributed by atoms with Gasteiger partial charge in [-0.25, -0.2) is 0 Å². The summed E-state index contributed by atoms with van der Waals surface area (Å²) in [5.41, 5.74) is 2.22. The summed E-state index contributed by atoms with van der Waals surface area (Å²) >= 11 is 1.65. The van der Waals surface area contributed by atoms with E-state index in [0.717, 1.165) is 36.4 Å². The third-order valence-corrected chi connectivity index (χ3v) is 3.33. The molecule has 0 atom stereocenters. The number of nitrogens with zero attached hydrogens (tertiary/aromatic N) is 1. The summed E-state index contributed by atoms with van der Waals surface area (Å²) in [6, 6.07) is 6.36. The smallest absolute Gasteiger partial charge is 0.101 e. The molecule has 1 aliphatic heterocycles. The van der Waals surface area contributed by atoms with Gasteiger partial charge in [-0.3, -0.25) is 0 Å². The Hall–Kier alpha value is -1.11. The molecule has 0 amide bonds. The highest BCUT2D eigenvalue weighted by Gasteiger charge is 2.12. The molecule has 1 aromatic heterocycles. The maximum Gasteiger partial charge on any atom is 0.101 e. The third kappa shape index (κ3) is 1.87. The monoisotopic (exact) mass is 204 g/mol. The Bertz CT molecular complexity index is 362. The van der Waals surface area contributed by atoms with Crippen LogP contribution in [0.3, 0.4) is 0 Å². The summed E-state index contributed by atoms with van der Waals surface area (Å²) in [6.45, 7) is 2.01. The summed E-state index contributed by atoms with van der Waals surface area (Å²) in [5, 5.41) is 14.4. The maximum atomic E-state index is 9.13. The highest BCUT2D eigenvalue weighted by atomic mass is 32.1. The summed E-state index contributed by atoms with van der Waals surface area (Å²) < 4.78 is 0. The van der Waals surface area contributed by atoms with Gasteiger partial charge < -0.3 is 5.32 Å². The van der Waals surface area contributed by atoms with Crippen LogP contribution in [0.5, 0.6) is 0 Å². The normalized spacial score (nSPS) is 16.4. The summed E-state index contributed by atoms with van der Waals surface area (Å²) in [7, 11) is 0. The molecule has 0 aromatic carbocycles. The lowest BCUT2D eigenvalue weighted by molar-refractivity contribution is 0.612. The van der Waals surface area contributed by atoms with Gasteiger partial charge in [-0.1, -0.05) is 6.07 Å². The van der Waals surface area contributed by atoms with Gasteiger partial charge in [0.15, 0.2) is 0 Å². The second-order valence-corrected chi connectivity index (χ2v) is 4.27. The lowest BCUT2D eigenvalue weighted by atomic mass is 9.99. The first-order chi connectivity index (χ1) is 6.92. The van der Waals surface area contributed by atoms with Gasteiger partial charge in [0.25, 0.3) is 0 Å². The number of nitrogens with one attached hydrogen (secondary N) is 1. The van der Waals surface area contributed by atoms with Crippen LogP contribution in [0.25, 0.3) is 5.57 Å². The van der Waals surface area contributed by atoms with E-state index in [1.54, 1.807) is 11.3 Å². The van der Waals surface area contributed by atoms with Gasteiger partial charge in [0.2, 0.25) is 0 Å². The van der Waals surface area contributed by atoms with Crippen molar-refractivity contribution >= 4 is 16.9 Å². The average molecular weight is 204 g/mol. The number of hydrogen-bond acceptors (Lipinski definition) is 3. The van der Waals surface area contributed by atoms with E-state index in [0.29, 0.717) is 0 Å². The van der Waals surface area contributed by atoms with Crippen LogP contribution in [0.2, 0.25) is 0 Å². The molecule has 72 valence electrons. The number of nitriles is 1. The number of piperidine rings is 1. The zero-order valence-corrected chi connectivity index (χ0v) is 8.73. The molecule has 1 fully saturated rings. The molecule has 1 N–H and O–H groups in total. The Morgan fingerprint density at radius 2 is 2.21 bits per heavy atom. The Kier molecular flexibility index (Phi) is 2.97. The van der Waals surface area contributed by atoms with Crippen molar-refractivity contribution in [3.8, 4) is 6.07 Å². The molecule has 0 saturated carbocycles. The molecule has 0 aliphatic carbocycles. The van der Waals surface area contributed by atoms with Crippen LogP contribution in [-0.4, -0.2) is 13.1 Å². The molecule has 0 bridgehead atoms. The fourth-order valence-corrected chi connectivity index (χ4v) is 2.48. The first-order valence-corrected chi connectivity index (χ1v) is 5.66. The molecule has 14 heavy (non-hydrogen) atoms. The number of thiophene rings is 1. The van der Waals surface area contributed by atoms with E-state index >= 15 is 0 Å². The van der Waals surface area contributed by atoms with Crippen LogP contribution in [0.1, 0.15) is 17.7 Å². The van der Waals surface area contributed by atoms with Crippen molar-refractivity contribution in [2.24, 2.45) is 0 Å². The number of rotatable bonds is 1. The van der Waals surface area contributed by atoms with Crippen molar-refractivity contribution in [3.05, 3.63) is 28.0 Å². The molecular weight excluding hydrogens is 192 g/mol. The molecule has 3 heteroatoms. The molecular formula is C11H12N2S. The SMILES string of the molecule is N#CC(=C1CCNCC1)c1cccs1. The van der Waals surface area contributed by atoms with E-state index in [-0.39, 0.29) is 0 Å². The van der Waals surface area contributed by atoms with Crippen LogP contribution in [0.4, 0.5) is 0 Å². The molecule has 1 aromatic rings.